The van der Waals surface area contributed by atoms with E-state index in [4.69, 9.17) is 5.73 Å². The molecule has 0 aliphatic heterocycles. The fourth-order valence-electron chi connectivity index (χ4n) is 2.53. The van der Waals surface area contributed by atoms with Gasteiger partial charge in [-0.2, -0.15) is 0 Å². The molecule has 0 radical (unpaired) electrons. The van der Waals surface area contributed by atoms with Crippen molar-refractivity contribution in [2.45, 2.75) is 44.8 Å². The molecule has 20 heavy (non-hydrogen) atoms. The lowest BCUT2D eigenvalue weighted by Gasteiger charge is -2.24. The lowest BCUT2D eigenvalue weighted by Crippen LogP contribution is -2.43. The summed E-state index contributed by atoms with van der Waals surface area (Å²) in [5.41, 5.74) is 6.50. The van der Waals surface area contributed by atoms with Crippen LogP contribution in [0.4, 0.5) is 0 Å². The molecule has 1 aliphatic rings. The van der Waals surface area contributed by atoms with E-state index in [0.29, 0.717) is 13.0 Å². The van der Waals surface area contributed by atoms with Gasteiger partial charge in [0, 0.05) is 12.0 Å². The molecule has 0 saturated heterocycles. The third-order valence-electron chi connectivity index (χ3n) is 4.14. The number of carbonyl (C=O) groups excluding carboxylic acids is 1. The van der Waals surface area contributed by atoms with Crippen molar-refractivity contribution in [1.82, 2.24) is 5.32 Å². The minimum atomic E-state index is -0.522. The van der Waals surface area contributed by atoms with Gasteiger partial charge in [0.05, 0.1) is 12.1 Å². The van der Waals surface area contributed by atoms with Crippen LogP contribution in [-0.4, -0.2) is 23.6 Å². The number of nitrogens with two attached hydrogens (primary N) is 1. The molecule has 1 aromatic carbocycles. The van der Waals surface area contributed by atoms with Crippen molar-refractivity contribution < 1.29 is 9.90 Å². The fraction of sp³-hybridized carbons (Fsp3) is 0.562. The number of hydrogen-bond acceptors (Lipinski definition) is 3. The first-order chi connectivity index (χ1) is 9.59. The van der Waals surface area contributed by atoms with Gasteiger partial charge >= 0.3 is 0 Å². The Hall–Kier alpha value is -1.39. The van der Waals surface area contributed by atoms with Crippen molar-refractivity contribution in [3.05, 3.63) is 35.9 Å². The highest BCUT2D eigenvalue weighted by molar-refractivity contribution is 5.81. The molecule has 0 bridgehead atoms. The molecule has 1 saturated carbocycles. The van der Waals surface area contributed by atoms with Crippen molar-refractivity contribution >= 4 is 5.91 Å². The second-order valence-corrected chi connectivity index (χ2v) is 5.79. The van der Waals surface area contributed by atoms with E-state index < -0.39 is 12.1 Å². The minimum Gasteiger partial charge on any atom is -0.388 e. The maximum absolute atomic E-state index is 11.8. The van der Waals surface area contributed by atoms with Crippen LogP contribution < -0.4 is 11.1 Å². The highest BCUT2D eigenvalue weighted by Gasteiger charge is 2.49. The van der Waals surface area contributed by atoms with E-state index in [0.717, 1.165) is 24.8 Å². The molecule has 110 valence electrons. The summed E-state index contributed by atoms with van der Waals surface area (Å²) in [4.78, 5) is 11.8. The molecular weight excluding hydrogens is 252 g/mol. The number of amides is 1. The number of benzene rings is 1. The molecule has 0 spiro atoms. The Labute approximate surface area is 120 Å². The van der Waals surface area contributed by atoms with Crippen LogP contribution in [0, 0.1) is 5.41 Å². The van der Waals surface area contributed by atoms with E-state index in [-0.39, 0.29) is 11.3 Å². The number of aliphatic hydroxyl groups is 1. The summed E-state index contributed by atoms with van der Waals surface area (Å²) >= 11 is 0. The molecule has 2 rings (SSSR count). The summed E-state index contributed by atoms with van der Waals surface area (Å²) in [5.74, 6) is -0.113. The van der Waals surface area contributed by atoms with Gasteiger partial charge in [0.15, 0.2) is 0 Å². The molecule has 2 atom stereocenters. The van der Waals surface area contributed by atoms with Crippen molar-refractivity contribution in [2.24, 2.45) is 11.1 Å². The predicted molar refractivity (Wildman–Crippen MR) is 79.0 cm³/mol. The SMILES string of the molecule is CCCC(N)C(=O)NCC1(C(O)c2ccccc2)CC1. The van der Waals surface area contributed by atoms with Crippen LogP contribution in [0.15, 0.2) is 30.3 Å². The Morgan fingerprint density at radius 1 is 1.40 bits per heavy atom. The monoisotopic (exact) mass is 276 g/mol. The predicted octanol–water partition coefficient (Wildman–Crippen LogP) is 1.74. The highest BCUT2D eigenvalue weighted by atomic mass is 16.3. The molecule has 4 N–H and O–H groups in total. The highest BCUT2D eigenvalue weighted by Crippen LogP contribution is 2.54. The van der Waals surface area contributed by atoms with Crippen LogP contribution in [0.3, 0.4) is 0 Å². The lowest BCUT2D eigenvalue weighted by molar-refractivity contribution is -0.123. The topological polar surface area (TPSA) is 75.4 Å². The number of rotatable bonds is 7. The quantitative estimate of drug-likeness (QED) is 0.710. The van der Waals surface area contributed by atoms with Crippen molar-refractivity contribution in [1.29, 1.82) is 0 Å². The summed E-state index contributed by atoms with van der Waals surface area (Å²) in [6.45, 7) is 2.51. The standard InChI is InChI=1S/C16H24N2O2/c1-2-6-13(17)15(20)18-11-16(9-10-16)14(19)12-7-4-3-5-8-12/h3-5,7-8,13-14,19H,2,6,9-11,17H2,1H3,(H,18,20). The van der Waals surface area contributed by atoms with E-state index in [2.05, 4.69) is 5.32 Å². The Balaban J connectivity index is 1.91. The van der Waals surface area contributed by atoms with Crippen LogP contribution in [0.25, 0.3) is 0 Å². The average Bonchev–Trinajstić information content (AvgIpc) is 3.26. The molecule has 4 heteroatoms. The van der Waals surface area contributed by atoms with E-state index in [1.165, 1.54) is 0 Å². The number of hydrogen-bond donors (Lipinski definition) is 3. The van der Waals surface area contributed by atoms with Crippen LogP contribution in [-0.2, 0) is 4.79 Å². The second kappa shape index (κ2) is 6.37. The van der Waals surface area contributed by atoms with E-state index >= 15 is 0 Å². The first-order valence-corrected chi connectivity index (χ1v) is 7.35. The molecule has 2 unspecified atom stereocenters. The van der Waals surface area contributed by atoms with Gasteiger partial charge in [0.25, 0.3) is 0 Å². The van der Waals surface area contributed by atoms with Crippen LogP contribution >= 0.6 is 0 Å². The third-order valence-corrected chi connectivity index (χ3v) is 4.14. The van der Waals surface area contributed by atoms with Gasteiger partial charge in [-0.1, -0.05) is 43.7 Å². The minimum absolute atomic E-state index is 0.113. The van der Waals surface area contributed by atoms with Gasteiger partial charge in [-0.05, 0) is 24.8 Å². The van der Waals surface area contributed by atoms with Gasteiger partial charge in [0.2, 0.25) is 5.91 Å². The van der Waals surface area contributed by atoms with Crippen molar-refractivity contribution in [3.63, 3.8) is 0 Å². The van der Waals surface area contributed by atoms with E-state index in [9.17, 15) is 9.90 Å². The summed E-state index contributed by atoms with van der Waals surface area (Å²) in [5, 5.41) is 13.4. The zero-order valence-electron chi connectivity index (χ0n) is 12.0. The largest absolute Gasteiger partial charge is 0.388 e. The van der Waals surface area contributed by atoms with Crippen LogP contribution in [0.2, 0.25) is 0 Å². The van der Waals surface area contributed by atoms with Crippen molar-refractivity contribution in [2.75, 3.05) is 6.54 Å². The molecule has 1 aliphatic carbocycles. The maximum atomic E-state index is 11.8. The Kier molecular flexibility index (Phi) is 4.78. The molecule has 4 nitrogen and oxygen atoms in total. The van der Waals surface area contributed by atoms with Crippen molar-refractivity contribution in [3.8, 4) is 0 Å². The van der Waals surface area contributed by atoms with Crippen LogP contribution in [0.5, 0.6) is 0 Å². The lowest BCUT2D eigenvalue weighted by atomic mass is 9.92. The van der Waals surface area contributed by atoms with E-state index in [1.807, 2.05) is 37.3 Å². The Morgan fingerprint density at radius 3 is 2.60 bits per heavy atom. The first kappa shape index (κ1) is 15.0. The molecule has 0 heterocycles. The summed E-state index contributed by atoms with van der Waals surface area (Å²) in [7, 11) is 0. The Morgan fingerprint density at radius 2 is 2.05 bits per heavy atom. The summed E-state index contributed by atoms with van der Waals surface area (Å²) in [6, 6.07) is 9.19. The van der Waals surface area contributed by atoms with Gasteiger partial charge < -0.3 is 16.2 Å². The third kappa shape index (κ3) is 3.38. The second-order valence-electron chi connectivity index (χ2n) is 5.79. The number of carbonyl (C=O) groups is 1. The van der Waals surface area contributed by atoms with Gasteiger partial charge in [0.1, 0.15) is 0 Å². The molecule has 1 amide bonds. The van der Waals surface area contributed by atoms with Crippen LogP contribution in [0.1, 0.15) is 44.3 Å². The van der Waals surface area contributed by atoms with Gasteiger partial charge in [-0.3, -0.25) is 4.79 Å². The number of nitrogens with one attached hydrogen (secondary N) is 1. The molecular formula is C16H24N2O2. The molecule has 0 aromatic heterocycles. The first-order valence-electron chi connectivity index (χ1n) is 7.35. The van der Waals surface area contributed by atoms with Gasteiger partial charge in [-0.15, -0.1) is 0 Å². The molecule has 1 aromatic rings. The zero-order chi connectivity index (χ0) is 14.6. The fourth-order valence-corrected chi connectivity index (χ4v) is 2.53. The summed E-state index contributed by atoms with van der Waals surface area (Å²) in [6.07, 6.45) is 2.94. The van der Waals surface area contributed by atoms with Gasteiger partial charge in [-0.25, -0.2) is 0 Å². The number of aliphatic hydroxyl groups excluding tert-OH is 1. The molecule has 1 fully saturated rings. The average molecular weight is 276 g/mol. The maximum Gasteiger partial charge on any atom is 0.236 e. The van der Waals surface area contributed by atoms with E-state index in [1.54, 1.807) is 0 Å². The smallest absolute Gasteiger partial charge is 0.236 e. The Bertz CT molecular complexity index is 443. The normalized spacial score (nSPS) is 19.1. The zero-order valence-corrected chi connectivity index (χ0v) is 12.0. The summed E-state index contributed by atoms with van der Waals surface area (Å²) < 4.78 is 0.